The van der Waals surface area contributed by atoms with Crippen LogP contribution in [0.2, 0.25) is 0 Å². The van der Waals surface area contributed by atoms with Crippen LogP contribution in [0.15, 0.2) is 85.1 Å². The Bertz CT molecular complexity index is 1950. The molecule has 3 heteroatoms. The Balaban J connectivity index is 1.32. The van der Waals surface area contributed by atoms with E-state index in [-0.39, 0.29) is 10.8 Å². The molecule has 3 aromatic heterocycles. The number of hydrogen-bond donors (Lipinski definition) is 0. The van der Waals surface area contributed by atoms with Gasteiger partial charge in [0.2, 0.25) is 0 Å². The normalized spacial score (nSPS) is 23.0. The lowest BCUT2D eigenvalue weighted by atomic mass is 9.43. The molecule has 0 N–H and O–H groups in total. The van der Waals surface area contributed by atoms with Gasteiger partial charge in [0, 0.05) is 39.9 Å². The summed E-state index contributed by atoms with van der Waals surface area (Å²) in [5, 5.41) is 1.11. The third kappa shape index (κ3) is 1.94. The van der Waals surface area contributed by atoms with Gasteiger partial charge >= 0.3 is 0 Å². The maximum absolute atomic E-state index is 5.19. The summed E-state index contributed by atoms with van der Waals surface area (Å²) in [5.74, 6) is 0.848. The van der Waals surface area contributed by atoms with E-state index in [4.69, 9.17) is 9.97 Å². The number of nitrogens with zero attached hydrogens (tertiary/aromatic N) is 3. The maximum Gasteiger partial charge on any atom is 0.147 e. The van der Waals surface area contributed by atoms with E-state index in [9.17, 15) is 0 Å². The van der Waals surface area contributed by atoms with Crippen LogP contribution < -0.4 is 0 Å². The van der Waals surface area contributed by atoms with Gasteiger partial charge in [-0.05, 0) is 63.7 Å². The lowest BCUT2D eigenvalue weighted by Crippen LogP contribution is -2.52. The Labute approximate surface area is 209 Å². The fourth-order valence-corrected chi connectivity index (χ4v) is 7.71. The average Bonchev–Trinajstić information content (AvgIpc) is 3.32. The van der Waals surface area contributed by atoms with Crippen molar-refractivity contribution in [3.63, 3.8) is 0 Å². The Kier molecular flexibility index (Phi) is 3.14. The van der Waals surface area contributed by atoms with E-state index in [2.05, 4.69) is 110 Å². The van der Waals surface area contributed by atoms with Crippen molar-refractivity contribution in [1.82, 2.24) is 14.4 Å². The van der Waals surface area contributed by atoms with E-state index in [1.54, 1.807) is 0 Å². The summed E-state index contributed by atoms with van der Waals surface area (Å²) in [6.07, 6.45) is 2.15. The van der Waals surface area contributed by atoms with Crippen LogP contribution in [0.25, 0.3) is 27.6 Å². The molecule has 0 bridgehead atoms. The van der Waals surface area contributed by atoms with E-state index < -0.39 is 0 Å². The molecule has 0 radical (unpaired) electrons. The van der Waals surface area contributed by atoms with Gasteiger partial charge in [-0.3, -0.25) is 9.38 Å². The molecule has 3 aromatic carbocycles. The molecule has 3 unspecified atom stereocenters. The van der Waals surface area contributed by atoms with Crippen molar-refractivity contribution in [1.29, 1.82) is 0 Å². The van der Waals surface area contributed by atoms with Gasteiger partial charge in [0.05, 0.1) is 16.6 Å². The first-order valence-electron chi connectivity index (χ1n) is 12.9. The lowest BCUT2D eigenvalue weighted by Gasteiger charge is -2.58. The summed E-state index contributed by atoms with van der Waals surface area (Å²) in [4.78, 5) is 10.2. The van der Waals surface area contributed by atoms with Crippen molar-refractivity contribution in [2.75, 3.05) is 0 Å². The molecule has 3 aliphatic rings. The molecule has 3 nitrogen and oxygen atoms in total. The summed E-state index contributed by atoms with van der Waals surface area (Å²) < 4.78 is 2.26. The number of benzene rings is 3. The quantitative estimate of drug-likeness (QED) is 0.238. The largest absolute Gasteiger partial charge is 0.299 e. The SMILES string of the molecule is CC(C)(C)c1ccc2c(ccn3c4cc5c(cc4nc23)C2c3ccccc3C23c2ccccc2C53)n1. The minimum absolute atomic E-state index is 0.0197. The van der Waals surface area contributed by atoms with Gasteiger partial charge in [0.1, 0.15) is 5.65 Å². The number of imidazole rings is 1. The third-order valence-corrected chi connectivity index (χ3v) is 9.18. The van der Waals surface area contributed by atoms with E-state index in [1.807, 2.05) is 0 Å². The molecule has 6 aromatic rings. The van der Waals surface area contributed by atoms with Gasteiger partial charge in [-0.2, -0.15) is 0 Å². The van der Waals surface area contributed by atoms with Crippen LogP contribution in [-0.2, 0) is 10.8 Å². The predicted molar refractivity (Wildman–Crippen MR) is 144 cm³/mol. The molecule has 3 aliphatic carbocycles. The third-order valence-electron chi connectivity index (χ3n) is 9.18. The van der Waals surface area contributed by atoms with Crippen LogP contribution in [0.4, 0.5) is 0 Å². The lowest BCUT2D eigenvalue weighted by molar-refractivity contribution is 0.333. The van der Waals surface area contributed by atoms with Gasteiger partial charge in [0.25, 0.3) is 0 Å². The van der Waals surface area contributed by atoms with Crippen molar-refractivity contribution in [2.45, 2.75) is 43.4 Å². The van der Waals surface area contributed by atoms with Gasteiger partial charge < -0.3 is 0 Å². The van der Waals surface area contributed by atoms with E-state index in [0.717, 1.165) is 27.8 Å². The van der Waals surface area contributed by atoms with Gasteiger partial charge in [-0.25, -0.2) is 4.98 Å². The minimum Gasteiger partial charge on any atom is -0.299 e. The molecular weight excluding hydrogens is 438 g/mol. The molecule has 1 spiro atoms. The fourth-order valence-electron chi connectivity index (χ4n) is 7.71. The molecule has 3 heterocycles. The van der Waals surface area contributed by atoms with Crippen LogP contribution in [0.1, 0.15) is 71.7 Å². The minimum atomic E-state index is 0.0197. The first-order valence-corrected chi connectivity index (χ1v) is 12.9. The summed E-state index contributed by atoms with van der Waals surface area (Å²) in [7, 11) is 0. The van der Waals surface area contributed by atoms with Crippen molar-refractivity contribution in [3.8, 4) is 0 Å². The molecule has 172 valence electrons. The van der Waals surface area contributed by atoms with Gasteiger partial charge in [0.15, 0.2) is 0 Å². The van der Waals surface area contributed by atoms with Crippen LogP contribution in [0.3, 0.4) is 0 Å². The Morgan fingerprint density at radius 2 is 1.36 bits per heavy atom. The molecule has 0 aliphatic heterocycles. The second-order valence-electron chi connectivity index (χ2n) is 11.9. The Morgan fingerprint density at radius 3 is 2.06 bits per heavy atom. The summed E-state index contributed by atoms with van der Waals surface area (Å²) >= 11 is 0. The highest BCUT2D eigenvalue weighted by Gasteiger charge is 2.69. The molecule has 0 fully saturated rings. The second-order valence-corrected chi connectivity index (χ2v) is 11.9. The van der Waals surface area contributed by atoms with Crippen LogP contribution in [0, 0.1) is 0 Å². The first-order chi connectivity index (χ1) is 17.5. The van der Waals surface area contributed by atoms with Crippen LogP contribution in [0.5, 0.6) is 0 Å². The second kappa shape index (κ2) is 5.87. The van der Waals surface area contributed by atoms with E-state index in [1.165, 1.54) is 38.9 Å². The Hall–Kier alpha value is -3.98. The molecular formula is C33H25N3. The van der Waals surface area contributed by atoms with Crippen molar-refractivity contribution in [2.24, 2.45) is 0 Å². The molecule has 3 atom stereocenters. The first kappa shape index (κ1) is 19.2. The average molecular weight is 464 g/mol. The monoisotopic (exact) mass is 463 g/mol. The maximum atomic E-state index is 5.19. The van der Waals surface area contributed by atoms with E-state index in [0.29, 0.717) is 11.8 Å². The fraction of sp³-hybridized carbons (Fsp3) is 0.212. The zero-order valence-corrected chi connectivity index (χ0v) is 20.6. The molecule has 9 rings (SSSR count). The zero-order chi connectivity index (χ0) is 24.0. The van der Waals surface area contributed by atoms with Gasteiger partial charge in [-0.15, -0.1) is 0 Å². The topological polar surface area (TPSA) is 30.2 Å². The smallest absolute Gasteiger partial charge is 0.147 e. The summed E-state index contributed by atoms with van der Waals surface area (Å²) in [6.45, 7) is 6.63. The summed E-state index contributed by atoms with van der Waals surface area (Å²) in [6, 6.07) is 29.5. The van der Waals surface area contributed by atoms with Crippen molar-refractivity contribution < 1.29 is 0 Å². The number of pyridine rings is 2. The molecule has 0 amide bonds. The molecule has 36 heavy (non-hydrogen) atoms. The number of fused-ring (bicyclic) bond motifs is 12. The Morgan fingerprint density at radius 1 is 0.694 bits per heavy atom. The van der Waals surface area contributed by atoms with Gasteiger partial charge in [-0.1, -0.05) is 69.3 Å². The van der Waals surface area contributed by atoms with Crippen molar-refractivity contribution in [3.05, 3.63) is 124 Å². The van der Waals surface area contributed by atoms with Crippen molar-refractivity contribution >= 4 is 27.6 Å². The zero-order valence-electron chi connectivity index (χ0n) is 20.6. The number of aromatic nitrogens is 3. The number of hydrogen-bond acceptors (Lipinski definition) is 2. The van der Waals surface area contributed by atoms with E-state index >= 15 is 0 Å². The van der Waals surface area contributed by atoms with Crippen LogP contribution >= 0.6 is 0 Å². The highest BCUT2D eigenvalue weighted by atomic mass is 15.0. The standard InChI is InChI=1S/C33H25N3/c1-32(2,3)28-13-12-20-25(34-28)14-15-36-27-17-22-21(16-26(27)35-31(20)36)29-18-8-4-6-10-23(18)33(29)24-11-7-5-9-19(24)30(22)33/h4-17,29-30H,1-3H3. The predicted octanol–water partition coefficient (Wildman–Crippen LogP) is 7.22. The number of rotatable bonds is 0. The highest BCUT2D eigenvalue weighted by molar-refractivity contribution is 5.97. The molecule has 0 saturated heterocycles. The highest BCUT2D eigenvalue weighted by Crippen LogP contribution is 2.77. The summed E-state index contributed by atoms with van der Waals surface area (Å²) in [5.41, 5.74) is 14.5. The molecule has 0 saturated carbocycles. The van der Waals surface area contributed by atoms with Crippen LogP contribution in [-0.4, -0.2) is 14.4 Å².